The molecule has 0 radical (unpaired) electrons. The summed E-state index contributed by atoms with van der Waals surface area (Å²) in [6.45, 7) is 0.748. The zero-order valence-corrected chi connectivity index (χ0v) is 9.10. The lowest BCUT2D eigenvalue weighted by Gasteiger charge is -2.43. The molecule has 1 amide bonds. The summed E-state index contributed by atoms with van der Waals surface area (Å²) in [5.74, 6) is 0.185. The molecule has 2 atom stereocenters. The van der Waals surface area contributed by atoms with E-state index in [1.807, 2.05) is 23.1 Å². The van der Waals surface area contributed by atoms with Crippen molar-refractivity contribution >= 4 is 5.91 Å². The third-order valence-corrected chi connectivity index (χ3v) is 3.67. The van der Waals surface area contributed by atoms with E-state index >= 15 is 0 Å². The Morgan fingerprint density at radius 2 is 2.06 bits per heavy atom. The molecule has 2 aliphatic heterocycles. The molecule has 1 fully saturated rings. The topological polar surface area (TPSA) is 40.5 Å². The summed E-state index contributed by atoms with van der Waals surface area (Å²) in [6, 6.07) is 8.03. The van der Waals surface area contributed by atoms with E-state index in [1.54, 1.807) is 0 Å². The molecule has 1 saturated heterocycles. The molecule has 1 N–H and O–H groups in total. The van der Waals surface area contributed by atoms with Crippen LogP contribution in [0.2, 0.25) is 0 Å². The van der Waals surface area contributed by atoms with Crippen molar-refractivity contribution in [2.45, 2.75) is 31.4 Å². The maximum atomic E-state index is 11.8. The van der Waals surface area contributed by atoms with Crippen molar-refractivity contribution in [1.82, 2.24) is 4.90 Å². The summed E-state index contributed by atoms with van der Waals surface area (Å²) in [7, 11) is 0. The standard InChI is InChI=1S/C13H15NO2/c15-11-5-6-12(16)14-8-7-9-3-1-2-4-10(9)13(11)14/h1-4,11,13,15H,5-8H2/t11-,13+/m0/s1. The summed E-state index contributed by atoms with van der Waals surface area (Å²) in [5.41, 5.74) is 2.41. The first-order valence-electron chi connectivity index (χ1n) is 5.83. The van der Waals surface area contributed by atoms with Crippen LogP contribution in [0.15, 0.2) is 24.3 Å². The number of fused-ring (bicyclic) bond motifs is 3. The predicted molar refractivity (Wildman–Crippen MR) is 59.8 cm³/mol. The van der Waals surface area contributed by atoms with Gasteiger partial charge < -0.3 is 10.0 Å². The minimum atomic E-state index is -0.404. The Morgan fingerprint density at radius 1 is 1.25 bits per heavy atom. The highest BCUT2D eigenvalue weighted by atomic mass is 16.3. The lowest BCUT2D eigenvalue weighted by molar-refractivity contribution is -0.143. The Labute approximate surface area is 94.7 Å². The normalized spacial score (nSPS) is 28.6. The van der Waals surface area contributed by atoms with E-state index in [-0.39, 0.29) is 11.9 Å². The number of nitrogens with zero attached hydrogens (tertiary/aromatic N) is 1. The third kappa shape index (κ3) is 1.35. The molecule has 1 aromatic carbocycles. The first-order chi connectivity index (χ1) is 7.77. The fourth-order valence-electron chi connectivity index (χ4n) is 2.87. The molecule has 0 saturated carbocycles. The van der Waals surface area contributed by atoms with Crippen LogP contribution in [-0.2, 0) is 11.2 Å². The van der Waals surface area contributed by atoms with Crippen LogP contribution in [0.1, 0.15) is 30.0 Å². The number of carbonyl (C=O) groups excluding carboxylic acids is 1. The quantitative estimate of drug-likeness (QED) is 0.711. The van der Waals surface area contributed by atoms with Gasteiger partial charge in [-0.1, -0.05) is 24.3 Å². The number of amides is 1. The molecule has 0 spiro atoms. The Bertz CT molecular complexity index is 430. The molecule has 0 aliphatic carbocycles. The summed E-state index contributed by atoms with van der Waals surface area (Å²) in [4.78, 5) is 13.6. The van der Waals surface area contributed by atoms with Gasteiger partial charge in [-0.05, 0) is 24.0 Å². The first-order valence-corrected chi connectivity index (χ1v) is 5.83. The van der Waals surface area contributed by atoms with Gasteiger partial charge in [0.05, 0.1) is 12.1 Å². The van der Waals surface area contributed by atoms with E-state index in [0.29, 0.717) is 12.8 Å². The molecule has 84 valence electrons. The maximum Gasteiger partial charge on any atom is 0.223 e. The second-order valence-corrected chi connectivity index (χ2v) is 4.59. The van der Waals surface area contributed by atoms with Crippen LogP contribution in [-0.4, -0.2) is 28.6 Å². The van der Waals surface area contributed by atoms with Crippen molar-refractivity contribution in [1.29, 1.82) is 0 Å². The van der Waals surface area contributed by atoms with Crippen LogP contribution in [0.5, 0.6) is 0 Å². The molecule has 3 heteroatoms. The van der Waals surface area contributed by atoms with Gasteiger partial charge in [0.2, 0.25) is 5.91 Å². The summed E-state index contributed by atoms with van der Waals surface area (Å²) in [6.07, 6.45) is 1.58. The zero-order chi connectivity index (χ0) is 11.1. The van der Waals surface area contributed by atoms with E-state index in [1.165, 1.54) is 5.56 Å². The largest absolute Gasteiger partial charge is 0.391 e. The molecular formula is C13H15NO2. The van der Waals surface area contributed by atoms with Gasteiger partial charge in [-0.2, -0.15) is 0 Å². The van der Waals surface area contributed by atoms with E-state index in [9.17, 15) is 9.90 Å². The van der Waals surface area contributed by atoms with Gasteiger partial charge in [-0.3, -0.25) is 4.79 Å². The van der Waals surface area contributed by atoms with Crippen molar-refractivity contribution in [2.24, 2.45) is 0 Å². The number of piperidine rings is 1. The van der Waals surface area contributed by atoms with Gasteiger partial charge in [-0.15, -0.1) is 0 Å². The highest BCUT2D eigenvalue weighted by molar-refractivity contribution is 5.78. The predicted octanol–water partition coefficient (Wildman–Crippen LogP) is 1.27. The fourth-order valence-corrected chi connectivity index (χ4v) is 2.87. The van der Waals surface area contributed by atoms with Crippen molar-refractivity contribution in [3.8, 4) is 0 Å². The molecule has 0 unspecified atom stereocenters. The number of hydrogen-bond acceptors (Lipinski definition) is 2. The van der Waals surface area contributed by atoms with Gasteiger partial charge in [0.15, 0.2) is 0 Å². The van der Waals surface area contributed by atoms with Crippen molar-refractivity contribution in [3.63, 3.8) is 0 Å². The molecule has 2 aliphatic rings. The van der Waals surface area contributed by atoms with Gasteiger partial charge >= 0.3 is 0 Å². The van der Waals surface area contributed by atoms with Crippen molar-refractivity contribution in [3.05, 3.63) is 35.4 Å². The Hall–Kier alpha value is -1.35. The molecule has 3 rings (SSSR count). The number of rotatable bonds is 0. The monoisotopic (exact) mass is 217 g/mol. The minimum Gasteiger partial charge on any atom is -0.391 e. The van der Waals surface area contributed by atoms with Crippen molar-refractivity contribution < 1.29 is 9.90 Å². The fraction of sp³-hybridized carbons (Fsp3) is 0.462. The molecule has 0 aromatic heterocycles. The van der Waals surface area contributed by atoms with Crippen LogP contribution in [0.4, 0.5) is 0 Å². The number of aliphatic hydroxyl groups excluding tert-OH is 1. The number of hydrogen-bond donors (Lipinski definition) is 1. The van der Waals surface area contributed by atoms with E-state index in [0.717, 1.165) is 18.5 Å². The highest BCUT2D eigenvalue weighted by Crippen LogP contribution is 2.37. The van der Waals surface area contributed by atoms with E-state index in [2.05, 4.69) is 6.07 Å². The Morgan fingerprint density at radius 3 is 2.94 bits per heavy atom. The van der Waals surface area contributed by atoms with Crippen LogP contribution >= 0.6 is 0 Å². The Balaban J connectivity index is 2.06. The SMILES string of the molecule is O=C1CC[C@H](O)[C@H]2c3ccccc3CCN12. The van der Waals surface area contributed by atoms with E-state index < -0.39 is 6.10 Å². The van der Waals surface area contributed by atoms with Gasteiger partial charge in [0, 0.05) is 13.0 Å². The van der Waals surface area contributed by atoms with E-state index in [4.69, 9.17) is 0 Å². The number of aliphatic hydroxyl groups is 1. The van der Waals surface area contributed by atoms with Crippen LogP contribution in [0.3, 0.4) is 0 Å². The second-order valence-electron chi connectivity index (χ2n) is 4.59. The Kier molecular flexibility index (Phi) is 2.21. The number of benzene rings is 1. The molecule has 0 bridgehead atoms. The van der Waals surface area contributed by atoms with Crippen LogP contribution in [0.25, 0.3) is 0 Å². The molecular weight excluding hydrogens is 202 g/mol. The molecule has 1 aromatic rings. The summed E-state index contributed by atoms with van der Waals surface area (Å²) in [5, 5.41) is 10.1. The second kappa shape index (κ2) is 3.59. The van der Waals surface area contributed by atoms with Gasteiger partial charge in [-0.25, -0.2) is 0 Å². The first kappa shape index (κ1) is 9.85. The summed E-state index contributed by atoms with van der Waals surface area (Å²) >= 11 is 0. The lowest BCUT2D eigenvalue weighted by Crippen LogP contribution is -2.48. The highest BCUT2D eigenvalue weighted by Gasteiger charge is 2.38. The smallest absolute Gasteiger partial charge is 0.223 e. The third-order valence-electron chi connectivity index (χ3n) is 3.67. The van der Waals surface area contributed by atoms with Gasteiger partial charge in [0.25, 0.3) is 0 Å². The van der Waals surface area contributed by atoms with Crippen LogP contribution in [0, 0.1) is 0 Å². The summed E-state index contributed by atoms with van der Waals surface area (Å²) < 4.78 is 0. The van der Waals surface area contributed by atoms with Crippen molar-refractivity contribution in [2.75, 3.05) is 6.54 Å². The minimum absolute atomic E-state index is 0.105. The molecule has 2 heterocycles. The molecule has 3 nitrogen and oxygen atoms in total. The maximum absolute atomic E-state index is 11.8. The number of carbonyl (C=O) groups is 1. The molecule has 16 heavy (non-hydrogen) atoms. The average molecular weight is 217 g/mol. The zero-order valence-electron chi connectivity index (χ0n) is 9.10. The van der Waals surface area contributed by atoms with Crippen LogP contribution < -0.4 is 0 Å². The average Bonchev–Trinajstić information content (AvgIpc) is 2.33. The van der Waals surface area contributed by atoms with Gasteiger partial charge in [0.1, 0.15) is 0 Å². The lowest BCUT2D eigenvalue weighted by atomic mass is 9.85.